The Kier molecular flexibility index (Phi) is 5.87. The molecule has 1 aromatic heterocycles. The third kappa shape index (κ3) is 3.96. The molecule has 2 N–H and O–H groups in total. The van der Waals surface area contributed by atoms with Gasteiger partial charge in [0.25, 0.3) is 5.91 Å². The molecule has 0 spiro atoms. The van der Waals surface area contributed by atoms with Crippen LogP contribution in [0.2, 0.25) is 0 Å². The molecule has 0 aliphatic carbocycles. The van der Waals surface area contributed by atoms with Crippen molar-refractivity contribution in [2.45, 2.75) is 18.4 Å². The van der Waals surface area contributed by atoms with Crippen LogP contribution in [0.4, 0.5) is 0 Å². The lowest BCUT2D eigenvalue weighted by Crippen LogP contribution is -2.53. The van der Waals surface area contributed by atoms with E-state index in [2.05, 4.69) is 20.6 Å². The number of fused-ring (bicyclic) bond motifs is 1. The van der Waals surface area contributed by atoms with Crippen molar-refractivity contribution >= 4 is 29.3 Å². The molecule has 1 aliphatic rings. The normalized spacial score (nSPS) is 20.2. The molecule has 1 aromatic carbocycles. The molecule has 1 saturated heterocycles. The number of carbonyl (C=O) groups is 1. The minimum Gasteiger partial charge on any atom is -0.383 e. The smallest absolute Gasteiger partial charge is 0.251 e. The number of amides is 1. The lowest BCUT2D eigenvalue weighted by Gasteiger charge is -2.28. The van der Waals surface area contributed by atoms with Crippen LogP contribution in [0.3, 0.4) is 0 Å². The van der Waals surface area contributed by atoms with Gasteiger partial charge >= 0.3 is 0 Å². The summed E-state index contributed by atoms with van der Waals surface area (Å²) in [5, 5.41) is 6.45. The van der Waals surface area contributed by atoms with Crippen LogP contribution in [0, 0.1) is 0 Å². The summed E-state index contributed by atoms with van der Waals surface area (Å²) in [6.45, 7) is 2.11. The quantitative estimate of drug-likeness (QED) is 0.866. The van der Waals surface area contributed by atoms with Crippen molar-refractivity contribution in [2.75, 3.05) is 26.8 Å². The van der Waals surface area contributed by atoms with Crippen molar-refractivity contribution in [3.05, 3.63) is 36.2 Å². The third-order valence-corrected chi connectivity index (χ3v) is 4.07. The molecule has 6 nitrogen and oxygen atoms in total. The predicted molar refractivity (Wildman–Crippen MR) is 91.0 cm³/mol. The molecule has 23 heavy (non-hydrogen) atoms. The molecule has 1 fully saturated rings. The van der Waals surface area contributed by atoms with E-state index in [1.165, 1.54) is 0 Å². The minimum atomic E-state index is -0.152. The molecule has 3 rings (SSSR count). The number of hydrogen-bond donors (Lipinski definition) is 2. The van der Waals surface area contributed by atoms with Crippen molar-refractivity contribution in [2.24, 2.45) is 0 Å². The Balaban J connectivity index is 0.00000192. The number of halogens is 1. The fraction of sp³-hybridized carbons (Fsp3) is 0.438. The van der Waals surface area contributed by atoms with E-state index in [9.17, 15) is 4.79 Å². The maximum Gasteiger partial charge on any atom is 0.251 e. The maximum atomic E-state index is 12.4. The molecular formula is C16H21ClN4O2. The van der Waals surface area contributed by atoms with Gasteiger partial charge in [-0.1, -0.05) is 0 Å². The van der Waals surface area contributed by atoms with E-state index in [0.717, 1.165) is 30.4 Å². The van der Waals surface area contributed by atoms with Crippen molar-refractivity contribution in [3.63, 3.8) is 0 Å². The van der Waals surface area contributed by atoms with E-state index >= 15 is 0 Å². The zero-order valence-corrected chi connectivity index (χ0v) is 13.9. The SMILES string of the molecule is COCC1(CNC(=O)c2ccc3nccnc3c2)CCCN1.Cl. The number of hydrogen-bond acceptors (Lipinski definition) is 5. The first-order valence-electron chi connectivity index (χ1n) is 7.45. The molecule has 7 heteroatoms. The number of benzene rings is 1. The Hall–Kier alpha value is -1.76. The number of aromatic nitrogens is 2. The highest BCUT2D eigenvalue weighted by Crippen LogP contribution is 2.19. The number of rotatable bonds is 5. The number of ether oxygens (including phenoxy) is 1. The number of nitrogens with one attached hydrogen (secondary N) is 2. The molecule has 0 radical (unpaired) electrons. The van der Waals surface area contributed by atoms with Gasteiger partial charge in [0.2, 0.25) is 0 Å². The third-order valence-electron chi connectivity index (χ3n) is 4.07. The average molecular weight is 337 g/mol. The highest BCUT2D eigenvalue weighted by Gasteiger charge is 2.33. The fourth-order valence-corrected chi connectivity index (χ4v) is 2.93. The summed E-state index contributed by atoms with van der Waals surface area (Å²) in [4.78, 5) is 20.8. The van der Waals surface area contributed by atoms with Gasteiger partial charge in [0.05, 0.1) is 23.2 Å². The van der Waals surface area contributed by atoms with Crippen molar-refractivity contribution in [3.8, 4) is 0 Å². The highest BCUT2D eigenvalue weighted by molar-refractivity contribution is 5.97. The summed E-state index contributed by atoms with van der Waals surface area (Å²) in [6, 6.07) is 5.36. The largest absolute Gasteiger partial charge is 0.383 e. The van der Waals surface area contributed by atoms with E-state index in [-0.39, 0.29) is 23.9 Å². The van der Waals surface area contributed by atoms with Crippen molar-refractivity contribution in [1.29, 1.82) is 0 Å². The molecule has 1 atom stereocenters. The van der Waals surface area contributed by atoms with E-state index in [1.54, 1.807) is 31.6 Å². The Morgan fingerprint density at radius 2 is 2.13 bits per heavy atom. The number of nitrogens with zero attached hydrogens (tertiary/aromatic N) is 2. The average Bonchev–Trinajstić information content (AvgIpc) is 3.01. The Labute approximate surface area is 141 Å². The molecule has 0 saturated carbocycles. The summed E-state index contributed by atoms with van der Waals surface area (Å²) in [5.41, 5.74) is 1.95. The Morgan fingerprint density at radius 3 is 2.83 bits per heavy atom. The first kappa shape index (κ1) is 17.6. The van der Waals surface area contributed by atoms with Crippen LogP contribution in [0.25, 0.3) is 11.0 Å². The standard InChI is InChI=1S/C16H20N4O2.ClH/c1-22-11-16(5-2-6-20-16)10-19-15(21)12-3-4-13-14(9-12)18-8-7-17-13;/h3-4,7-9,20H,2,5-6,10-11H2,1H3,(H,19,21);1H. The minimum absolute atomic E-state index is 0. The first-order chi connectivity index (χ1) is 10.7. The molecule has 0 bridgehead atoms. The summed E-state index contributed by atoms with van der Waals surface area (Å²) in [5.74, 6) is -0.100. The lowest BCUT2D eigenvalue weighted by atomic mass is 9.98. The van der Waals surface area contributed by atoms with Crippen LogP contribution in [-0.4, -0.2) is 48.2 Å². The summed E-state index contributed by atoms with van der Waals surface area (Å²) < 4.78 is 5.29. The van der Waals surface area contributed by atoms with Crippen LogP contribution in [0.15, 0.2) is 30.6 Å². The van der Waals surface area contributed by atoms with Gasteiger partial charge in [0.1, 0.15) is 0 Å². The lowest BCUT2D eigenvalue weighted by molar-refractivity contribution is 0.0892. The van der Waals surface area contributed by atoms with Crippen LogP contribution in [-0.2, 0) is 4.74 Å². The van der Waals surface area contributed by atoms with Crippen molar-refractivity contribution in [1.82, 2.24) is 20.6 Å². The Morgan fingerprint density at radius 1 is 1.35 bits per heavy atom. The van der Waals surface area contributed by atoms with Crippen LogP contribution in [0.5, 0.6) is 0 Å². The second kappa shape index (κ2) is 7.68. The summed E-state index contributed by atoms with van der Waals surface area (Å²) in [7, 11) is 1.69. The zero-order chi connectivity index (χ0) is 15.4. The van der Waals surface area contributed by atoms with Crippen LogP contribution >= 0.6 is 12.4 Å². The van der Waals surface area contributed by atoms with Gasteiger partial charge in [-0.3, -0.25) is 14.8 Å². The first-order valence-corrected chi connectivity index (χ1v) is 7.45. The second-order valence-electron chi connectivity index (χ2n) is 5.69. The van der Waals surface area contributed by atoms with Gasteiger partial charge in [0.15, 0.2) is 0 Å². The van der Waals surface area contributed by atoms with Crippen LogP contribution < -0.4 is 10.6 Å². The van der Waals surface area contributed by atoms with Gasteiger partial charge in [-0.2, -0.15) is 0 Å². The molecule has 1 amide bonds. The fourth-order valence-electron chi connectivity index (χ4n) is 2.93. The summed E-state index contributed by atoms with van der Waals surface area (Å²) in [6.07, 6.45) is 5.37. The molecule has 1 aliphatic heterocycles. The van der Waals surface area contributed by atoms with Gasteiger partial charge in [-0.15, -0.1) is 12.4 Å². The maximum absolute atomic E-state index is 12.4. The monoisotopic (exact) mass is 336 g/mol. The molecular weight excluding hydrogens is 316 g/mol. The van der Waals surface area contributed by atoms with Crippen molar-refractivity contribution < 1.29 is 9.53 Å². The Bertz CT molecular complexity index is 674. The van der Waals surface area contributed by atoms with E-state index in [1.807, 2.05) is 6.07 Å². The zero-order valence-electron chi connectivity index (χ0n) is 13.0. The van der Waals surface area contributed by atoms with Gasteiger partial charge in [-0.25, -0.2) is 0 Å². The van der Waals surface area contributed by atoms with E-state index < -0.39 is 0 Å². The predicted octanol–water partition coefficient (Wildman–Crippen LogP) is 1.55. The molecule has 2 aromatic rings. The van der Waals surface area contributed by atoms with E-state index in [0.29, 0.717) is 18.7 Å². The van der Waals surface area contributed by atoms with E-state index in [4.69, 9.17) is 4.74 Å². The highest BCUT2D eigenvalue weighted by atomic mass is 35.5. The topological polar surface area (TPSA) is 76.1 Å². The molecule has 1 unspecified atom stereocenters. The summed E-state index contributed by atoms with van der Waals surface area (Å²) >= 11 is 0. The number of carbonyl (C=O) groups excluding carboxylic acids is 1. The van der Waals surface area contributed by atoms with Gasteiger partial charge < -0.3 is 15.4 Å². The molecule has 2 heterocycles. The molecule has 124 valence electrons. The van der Waals surface area contributed by atoms with Gasteiger partial charge in [0, 0.05) is 31.6 Å². The second-order valence-corrected chi connectivity index (χ2v) is 5.69. The van der Waals surface area contributed by atoms with Gasteiger partial charge in [-0.05, 0) is 37.6 Å². The number of methoxy groups -OCH3 is 1. The van der Waals surface area contributed by atoms with Crippen LogP contribution in [0.1, 0.15) is 23.2 Å².